The van der Waals surface area contributed by atoms with Crippen molar-refractivity contribution in [3.8, 4) is 5.75 Å². The standard InChI is InChI=1S/C27H37N5O3/c1-2-30-14-16-31(17-15-30)25-11-10-22(19-28-25)20-29-27(34)23-7-6-13-32(21-23)26(33)12-18-35-24-8-4-3-5-9-24/h3-5,8-11,19,23H,2,6-7,12-18,20-21H2,1H3,(H,29,34). The molecule has 8 nitrogen and oxygen atoms in total. The number of pyridine rings is 1. The van der Waals surface area contributed by atoms with Gasteiger partial charge < -0.3 is 24.8 Å². The first kappa shape index (κ1) is 25.0. The van der Waals surface area contributed by atoms with Gasteiger partial charge in [-0.1, -0.05) is 31.2 Å². The second-order valence-corrected chi connectivity index (χ2v) is 9.25. The SMILES string of the molecule is CCN1CCN(c2ccc(CNC(=O)C3CCCN(C(=O)CCOc4ccccc4)C3)cn2)CC1. The van der Waals surface area contributed by atoms with Crippen LogP contribution in [0.2, 0.25) is 0 Å². The Morgan fingerprint density at radius 2 is 1.86 bits per heavy atom. The maximum absolute atomic E-state index is 12.8. The molecule has 1 aromatic heterocycles. The van der Waals surface area contributed by atoms with Crippen molar-refractivity contribution < 1.29 is 14.3 Å². The lowest BCUT2D eigenvalue weighted by Gasteiger charge is -2.34. The van der Waals surface area contributed by atoms with Crippen molar-refractivity contribution in [2.24, 2.45) is 5.92 Å². The molecule has 2 aliphatic rings. The average molecular weight is 480 g/mol. The smallest absolute Gasteiger partial charge is 0.226 e. The first-order valence-electron chi connectivity index (χ1n) is 12.8. The van der Waals surface area contributed by atoms with Crippen LogP contribution in [0.15, 0.2) is 48.7 Å². The van der Waals surface area contributed by atoms with Gasteiger partial charge in [0.1, 0.15) is 11.6 Å². The Hall–Kier alpha value is -3.13. The van der Waals surface area contributed by atoms with E-state index in [0.717, 1.165) is 62.7 Å². The highest BCUT2D eigenvalue weighted by Crippen LogP contribution is 2.19. The topological polar surface area (TPSA) is 78.0 Å². The van der Waals surface area contributed by atoms with Gasteiger partial charge in [-0.05, 0) is 43.1 Å². The number of anilines is 1. The molecule has 0 spiro atoms. The third-order valence-electron chi connectivity index (χ3n) is 6.89. The van der Waals surface area contributed by atoms with Crippen LogP contribution in [0.5, 0.6) is 5.75 Å². The molecule has 0 bridgehead atoms. The lowest BCUT2D eigenvalue weighted by Crippen LogP contribution is -2.46. The molecule has 3 heterocycles. The second kappa shape index (κ2) is 12.5. The van der Waals surface area contributed by atoms with Crippen molar-refractivity contribution in [3.63, 3.8) is 0 Å². The van der Waals surface area contributed by atoms with Crippen molar-refractivity contribution in [1.29, 1.82) is 0 Å². The fourth-order valence-corrected chi connectivity index (χ4v) is 4.68. The number of piperazine rings is 1. The monoisotopic (exact) mass is 479 g/mol. The van der Waals surface area contributed by atoms with Gasteiger partial charge in [0.15, 0.2) is 0 Å². The summed E-state index contributed by atoms with van der Waals surface area (Å²) in [5.41, 5.74) is 0.982. The number of amides is 2. The number of carbonyl (C=O) groups is 2. The molecule has 8 heteroatoms. The van der Waals surface area contributed by atoms with E-state index in [9.17, 15) is 9.59 Å². The summed E-state index contributed by atoms with van der Waals surface area (Å²) >= 11 is 0. The first-order valence-corrected chi connectivity index (χ1v) is 12.8. The molecule has 1 unspecified atom stereocenters. The third kappa shape index (κ3) is 7.18. The number of benzene rings is 1. The number of para-hydroxylation sites is 1. The Labute approximate surface area is 208 Å². The number of carbonyl (C=O) groups excluding carboxylic acids is 2. The number of piperidine rings is 1. The van der Waals surface area contributed by atoms with E-state index in [1.807, 2.05) is 48.7 Å². The number of hydrogen-bond acceptors (Lipinski definition) is 6. The Kier molecular flexibility index (Phi) is 8.95. The normalized spacial score (nSPS) is 18.8. The molecule has 1 aromatic carbocycles. The summed E-state index contributed by atoms with van der Waals surface area (Å²) in [6, 6.07) is 13.6. The lowest BCUT2D eigenvalue weighted by atomic mass is 9.96. The van der Waals surface area contributed by atoms with Crippen LogP contribution >= 0.6 is 0 Å². The fourth-order valence-electron chi connectivity index (χ4n) is 4.68. The highest BCUT2D eigenvalue weighted by molar-refractivity contribution is 5.81. The third-order valence-corrected chi connectivity index (χ3v) is 6.89. The van der Waals surface area contributed by atoms with Gasteiger partial charge in [0.25, 0.3) is 0 Å². The minimum absolute atomic E-state index is 0.00259. The van der Waals surface area contributed by atoms with E-state index in [4.69, 9.17) is 4.74 Å². The molecule has 0 saturated carbocycles. The number of hydrogen-bond donors (Lipinski definition) is 1. The van der Waals surface area contributed by atoms with Gasteiger partial charge in [-0.15, -0.1) is 0 Å². The number of likely N-dealkylation sites (N-methyl/N-ethyl adjacent to an activating group) is 1. The molecular formula is C27H37N5O3. The van der Waals surface area contributed by atoms with E-state index in [-0.39, 0.29) is 17.7 Å². The van der Waals surface area contributed by atoms with Gasteiger partial charge in [0, 0.05) is 52.0 Å². The van der Waals surface area contributed by atoms with Crippen LogP contribution < -0.4 is 15.0 Å². The maximum atomic E-state index is 12.8. The minimum Gasteiger partial charge on any atom is -0.493 e. The van der Waals surface area contributed by atoms with Crippen LogP contribution in [0.4, 0.5) is 5.82 Å². The van der Waals surface area contributed by atoms with Gasteiger partial charge in [0.2, 0.25) is 11.8 Å². The molecule has 0 aliphatic carbocycles. The molecule has 2 aromatic rings. The molecule has 4 rings (SSSR count). The van der Waals surface area contributed by atoms with Gasteiger partial charge in [0.05, 0.1) is 18.9 Å². The maximum Gasteiger partial charge on any atom is 0.226 e. The molecule has 2 amide bonds. The van der Waals surface area contributed by atoms with Crippen molar-refractivity contribution in [2.45, 2.75) is 32.7 Å². The molecule has 2 fully saturated rings. The van der Waals surface area contributed by atoms with E-state index in [2.05, 4.69) is 27.0 Å². The van der Waals surface area contributed by atoms with Gasteiger partial charge >= 0.3 is 0 Å². The highest BCUT2D eigenvalue weighted by Gasteiger charge is 2.28. The molecule has 1 N–H and O–H groups in total. The largest absolute Gasteiger partial charge is 0.493 e. The van der Waals surface area contributed by atoms with Crippen molar-refractivity contribution in [1.82, 2.24) is 20.1 Å². The number of aromatic nitrogens is 1. The van der Waals surface area contributed by atoms with E-state index in [1.54, 1.807) is 4.90 Å². The summed E-state index contributed by atoms with van der Waals surface area (Å²) in [5.74, 6) is 1.62. The molecule has 0 radical (unpaired) electrons. The molecule has 35 heavy (non-hydrogen) atoms. The van der Waals surface area contributed by atoms with E-state index in [0.29, 0.717) is 32.7 Å². The van der Waals surface area contributed by atoms with Crippen LogP contribution in [0, 0.1) is 5.92 Å². The van der Waals surface area contributed by atoms with Crippen LogP contribution in [-0.4, -0.2) is 79.0 Å². The number of nitrogens with zero attached hydrogens (tertiary/aromatic N) is 4. The van der Waals surface area contributed by atoms with E-state index >= 15 is 0 Å². The number of likely N-dealkylation sites (tertiary alicyclic amines) is 1. The summed E-state index contributed by atoms with van der Waals surface area (Å²) in [4.78, 5) is 36.6. The summed E-state index contributed by atoms with van der Waals surface area (Å²) in [5, 5.41) is 3.04. The average Bonchev–Trinajstić information content (AvgIpc) is 2.92. The van der Waals surface area contributed by atoms with Crippen molar-refractivity contribution in [2.75, 3.05) is 57.3 Å². The zero-order valence-electron chi connectivity index (χ0n) is 20.7. The predicted octanol–water partition coefficient (Wildman–Crippen LogP) is 2.55. The predicted molar refractivity (Wildman–Crippen MR) is 136 cm³/mol. The minimum atomic E-state index is -0.176. The molecule has 1 atom stereocenters. The zero-order chi connectivity index (χ0) is 24.5. The Balaban J connectivity index is 1.19. The summed E-state index contributed by atoms with van der Waals surface area (Å²) in [6.07, 6.45) is 3.81. The molecule has 188 valence electrons. The van der Waals surface area contributed by atoms with Crippen LogP contribution in [0.25, 0.3) is 0 Å². The fraction of sp³-hybridized carbons (Fsp3) is 0.519. The number of rotatable bonds is 9. The van der Waals surface area contributed by atoms with Gasteiger partial charge in [-0.25, -0.2) is 4.98 Å². The Morgan fingerprint density at radius 3 is 2.57 bits per heavy atom. The first-order chi connectivity index (χ1) is 17.1. The summed E-state index contributed by atoms with van der Waals surface area (Å²) < 4.78 is 5.65. The quantitative estimate of drug-likeness (QED) is 0.596. The zero-order valence-corrected chi connectivity index (χ0v) is 20.7. The van der Waals surface area contributed by atoms with Crippen LogP contribution in [-0.2, 0) is 16.1 Å². The Morgan fingerprint density at radius 1 is 1.06 bits per heavy atom. The highest BCUT2D eigenvalue weighted by atomic mass is 16.5. The van der Waals surface area contributed by atoms with Crippen molar-refractivity contribution in [3.05, 3.63) is 54.2 Å². The molecule has 2 saturated heterocycles. The number of ether oxygens (including phenoxy) is 1. The van der Waals surface area contributed by atoms with Crippen molar-refractivity contribution >= 4 is 17.6 Å². The van der Waals surface area contributed by atoms with Gasteiger partial charge in [-0.2, -0.15) is 0 Å². The van der Waals surface area contributed by atoms with E-state index < -0.39 is 0 Å². The van der Waals surface area contributed by atoms with E-state index in [1.165, 1.54) is 0 Å². The van der Waals surface area contributed by atoms with Gasteiger partial charge in [-0.3, -0.25) is 9.59 Å². The summed E-state index contributed by atoms with van der Waals surface area (Å²) in [6.45, 7) is 9.37. The second-order valence-electron chi connectivity index (χ2n) is 9.25. The molecule has 2 aliphatic heterocycles. The van der Waals surface area contributed by atoms with Crippen LogP contribution in [0.1, 0.15) is 31.7 Å². The lowest BCUT2D eigenvalue weighted by molar-refractivity contribution is -0.136. The molecular weight excluding hydrogens is 442 g/mol. The number of nitrogens with one attached hydrogen (secondary N) is 1. The Bertz CT molecular complexity index is 945. The van der Waals surface area contributed by atoms with Crippen LogP contribution in [0.3, 0.4) is 0 Å². The summed E-state index contributed by atoms with van der Waals surface area (Å²) in [7, 11) is 0.